The van der Waals surface area contributed by atoms with Crippen molar-refractivity contribution >= 4 is 11.6 Å². The van der Waals surface area contributed by atoms with Crippen LogP contribution in [0.25, 0.3) is 11.1 Å². The number of aliphatic hydroxyl groups excluding tert-OH is 1. The highest BCUT2D eigenvalue weighted by Crippen LogP contribution is 2.25. The highest BCUT2D eigenvalue weighted by atomic mass is 19.4. The molecule has 0 saturated heterocycles. The lowest BCUT2D eigenvalue weighted by atomic mass is 10.0. The number of alkyl halides is 3. The molecule has 0 aromatic heterocycles. The number of carbonyl (C=O) groups is 1. The number of hydrogen-bond acceptors (Lipinski definition) is 4. The number of amides is 1. The number of benzene rings is 2. The molecule has 0 unspecified atom stereocenters. The second-order valence-corrected chi connectivity index (χ2v) is 5.42. The quantitative estimate of drug-likeness (QED) is 0.556. The number of anilines is 1. The van der Waals surface area contributed by atoms with Crippen LogP contribution in [0.5, 0.6) is 0 Å². The van der Waals surface area contributed by atoms with E-state index in [1.54, 1.807) is 19.2 Å². The molecule has 138 valence electrons. The Morgan fingerprint density at radius 3 is 2.04 bits per heavy atom. The van der Waals surface area contributed by atoms with Crippen molar-refractivity contribution in [3.05, 3.63) is 65.6 Å². The Hall–Kier alpha value is -3.00. The average molecular weight is 366 g/mol. The van der Waals surface area contributed by atoms with Gasteiger partial charge in [-0.1, -0.05) is 36.4 Å². The maximum absolute atomic E-state index is 12.4. The van der Waals surface area contributed by atoms with E-state index in [-0.39, 0.29) is 5.69 Å². The van der Waals surface area contributed by atoms with Gasteiger partial charge in [-0.3, -0.25) is 4.79 Å². The molecule has 0 aliphatic heterocycles. The molecular weight excluding hydrogens is 349 g/mol. The Labute approximate surface area is 147 Å². The number of halogens is 3. The average Bonchev–Trinajstić information content (AvgIpc) is 2.61. The van der Waals surface area contributed by atoms with Crippen molar-refractivity contribution in [3.63, 3.8) is 0 Å². The minimum atomic E-state index is -4.99. The van der Waals surface area contributed by atoms with E-state index in [0.29, 0.717) is 6.61 Å². The lowest BCUT2D eigenvalue weighted by molar-refractivity contribution is -0.118. The van der Waals surface area contributed by atoms with Crippen LogP contribution in [0.2, 0.25) is 0 Å². The molecule has 0 bridgehead atoms. The number of rotatable bonds is 5. The number of ether oxygens (including phenoxy) is 1. The van der Waals surface area contributed by atoms with Gasteiger partial charge >= 0.3 is 6.18 Å². The van der Waals surface area contributed by atoms with E-state index in [1.165, 1.54) is 12.1 Å². The molecule has 2 aromatic rings. The van der Waals surface area contributed by atoms with Crippen LogP contribution in [0, 0.1) is 0 Å². The fourth-order valence-electron chi connectivity index (χ4n) is 2.15. The van der Waals surface area contributed by atoms with Crippen molar-refractivity contribution in [1.29, 1.82) is 0 Å². The summed E-state index contributed by atoms with van der Waals surface area (Å²) >= 11 is 0. The van der Waals surface area contributed by atoms with E-state index in [0.717, 1.165) is 16.7 Å². The van der Waals surface area contributed by atoms with E-state index >= 15 is 0 Å². The molecule has 4 N–H and O–H groups in total. The fraction of sp³-hybridized carbons (Fsp3) is 0.167. The molecule has 0 saturated carbocycles. The first kappa shape index (κ1) is 19.3. The van der Waals surface area contributed by atoms with E-state index in [9.17, 15) is 23.1 Å². The van der Waals surface area contributed by atoms with Crippen LogP contribution in [0.4, 0.5) is 18.9 Å². The summed E-state index contributed by atoms with van der Waals surface area (Å²) in [6, 6.07) is 14.0. The summed E-state index contributed by atoms with van der Waals surface area (Å²) in [7, 11) is 1.61. The van der Waals surface area contributed by atoms with Gasteiger partial charge in [-0.15, -0.1) is 0 Å². The Morgan fingerprint density at radius 1 is 1.08 bits per heavy atom. The molecule has 0 heterocycles. The van der Waals surface area contributed by atoms with Gasteiger partial charge in [0.25, 0.3) is 5.91 Å². The van der Waals surface area contributed by atoms with Crippen molar-refractivity contribution in [3.8, 4) is 11.1 Å². The molecule has 8 heteroatoms. The molecule has 0 aliphatic carbocycles. The molecule has 0 fully saturated rings. The third-order valence-corrected chi connectivity index (χ3v) is 3.52. The molecule has 2 rings (SSSR count). The molecule has 5 nitrogen and oxygen atoms in total. The van der Waals surface area contributed by atoms with Crippen molar-refractivity contribution in [2.45, 2.75) is 12.8 Å². The molecule has 2 aromatic carbocycles. The number of methoxy groups -OCH3 is 1. The van der Waals surface area contributed by atoms with E-state index < -0.39 is 23.5 Å². The van der Waals surface area contributed by atoms with Crippen molar-refractivity contribution in [2.75, 3.05) is 12.4 Å². The number of nitrogens with two attached hydrogens (primary N) is 1. The molecule has 0 radical (unpaired) electrons. The van der Waals surface area contributed by atoms with Gasteiger partial charge in [0.15, 0.2) is 5.70 Å². The van der Waals surface area contributed by atoms with Gasteiger partial charge in [0.2, 0.25) is 5.76 Å². The maximum Gasteiger partial charge on any atom is 0.434 e. The molecule has 1 amide bonds. The first-order chi connectivity index (χ1) is 12.2. The minimum absolute atomic E-state index is 0.219. The third kappa shape index (κ3) is 4.76. The van der Waals surface area contributed by atoms with Crippen LogP contribution in [-0.2, 0) is 16.1 Å². The van der Waals surface area contributed by atoms with Crippen LogP contribution < -0.4 is 11.1 Å². The molecule has 0 aliphatic rings. The van der Waals surface area contributed by atoms with Gasteiger partial charge in [0.1, 0.15) is 0 Å². The van der Waals surface area contributed by atoms with E-state index in [4.69, 9.17) is 10.5 Å². The Bertz CT molecular complexity index is 798. The summed E-state index contributed by atoms with van der Waals surface area (Å²) in [6.45, 7) is 0.503. The number of aliphatic hydroxyl groups is 1. The van der Waals surface area contributed by atoms with Crippen molar-refractivity contribution < 1.29 is 27.8 Å². The fourth-order valence-corrected chi connectivity index (χ4v) is 2.15. The zero-order valence-electron chi connectivity index (χ0n) is 13.8. The second-order valence-electron chi connectivity index (χ2n) is 5.42. The van der Waals surface area contributed by atoms with Crippen LogP contribution >= 0.6 is 0 Å². The predicted octanol–water partition coefficient (Wildman–Crippen LogP) is 3.73. The summed E-state index contributed by atoms with van der Waals surface area (Å²) < 4.78 is 42.2. The smallest absolute Gasteiger partial charge is 0.434 e. The largest absolute Gasteiger partial charge is 0.502 e. The van der Waals surface area contributed by atoms with Gasteiger partial charge in [-0.2, -0.15) is 13.2 Å². The maximum atomic E-state index is 12.4. The number of carbonyl (C=O) groups excluding carboxylic acids is 1. The second kappa shape index (κ2) is 7.92. The van der Waals surface area contributed by atoms with E-state index in [1.807, 2.05) is 24.3 Å². The summed E-state index contributed by atoms with van der Waals surface area (Å²) in [5, 5.41) is 11.5. The lowest BCUT2D eigenvalue weighted by Crippen LogP contribution is -2.27. The van der Waals surface area contributed by atoms with Crippen LogP contribution in [-0.4, -0.2) is 24.3 Å². The van der Waals surface area contributed by atoms with Crippen LogP contribution in [0.15, 0.2) is 60.0 Å². The predicted molar refractivity (Wildman–Crippen MR) is 91.1 cm³/mol. The highest BCUT2D eigenvalue weighted by Gasteiger charge is 2.36. The van der Waals surface area contributed by atoms with Gasteiger partial charge in [-0.25, -0.2) is 0 Å². The zero-order valence-corrected chi connectivity index (χ0v) is 13.8. The monoisotopic (exact) mass is 366 g/mol. The third-order valence-electron chi connectivity index (χ3n) is 3.52. The SMILES string of the molecule is COCc1ccc(-c2ccc(NC(=O)/C(O)=C(/N)C(F)(F)F)cc2)cc1. The molecule has 26 heavy (non-hydrogen) atoms. The summed E-state index contributed by atoms with van der Waals surface area (Å²) in [5.74, 6) is -2.91. The van der Waals surface area contributed by atoms with Gasteiger partial charge in [0, 0.05) is 12.8 Å². The van der Waals surface area contributed by atoms with E-state index in [2.05, 4.69) is 5.32 Å². The lowest BCUT2D eigenvalue weighted by Gasteiger charge is -2.10. The van der Waals surface area contributed by atoms with Crippen molar-refractivity contribution in [1.82, 2.24) is 0 Å². The number of hydrogen-bond donors (Lipinski definition) is 3. The summed E-state index contributed by atoms with van der Waals surface area (Å²) in [6.07, 6.45) is -4.99. The Morgan fingerprint density at radius 2 is 1.58 bits per heavy atom. The molecule has 0 atom stereocenters. The Balaban J connectivity index is 2.11. The van der Waals surface area contributed by atoms with Gasteiger partial charge < -0.3 is 20.9 Å². The number of allylic oxidation sites excluding steroid dienone is 1. The summed E-state index contributed by atoms with van der Waals surface area (Å²) in [5.41, 5.74) is 5.88. The standard InChI is InChI=1S/C18H17F3N2O3/c1-26-10-11-2-4-12(5-3-11)13-6-8-14(9-7-13)23-17(25)15(24)16(22)18(19,20)21/h2-9,24H,10,22H2,1H3,(H,23,25)/b16-15-. The zero-order chi connectivity index (χ0) is 19.3. The first-order valence-corrected chi connectivity index (χ1v) is 7.48. The molecular formula is C18H17F3N2O3. The van der Waals surface area contributed by atoms with Crippen LogP contribution in [0.3, 0.4) is 0 Å². The normalized spacial score (nSPS) is 12.5. The topological polar surface area (TPSA) is 84.6 Å². The molecule has 0 spiro atoms. The minimum Gasteiger partial charge on any atom is -0.502 e. The Kier molecular flexibility index (Phi) is 5.89. The summed E-state index contributed by atoms with van der Waals surface area (Å²) in [4.78, 5) is 11.6. The van der Waals surface area contributed by atoms with Gasteiger partial charge in [-0.05, 0) is 28.8 Å². The number of nitrogens with one attached hydrogen (secondary N) is 1. The van der Waals surface area contributed by atoms with Crippen LogP contribution in [0.1, 0.15) is 5.56 Å². The first-order valence-electron chi connectivity index (χ1n) is 7.48. The van der Waals surface area contributed by atoms with Gasteiger partial charge in [0.05, 0.1) is 6.61 Å². The van der Waals surface area contributed by atoms with Crippen molar-refractivity contribution in [2.24, 2.45) is 5.73 Å². The highest BCUT2D eigenvalue weighted by molar-refractivity contribution is 6.02.